The van der Waals surface area contributed by atoms with Gasteiger partial charge in [-0.25, -0.2) is 4.39 Å². The van der Waals surface area contributed by atoms with E-state index in [0.717, 1.165) is 18.2 Å². The van der Waals surface area contributed by atoms with Gasteiger partial charge in [-0.15, -0.1) is 0 Å². The van der Waals surface area contributed by atoms with E-state index in [1.165, 1.54) is 24.3 Å². The third-order valence-electron chi connectivity index (χ3n) is 2.25. The Hall–Kier alpha value is -0.900. The Morgan fingerprint density at radius 3 is 2.62 bits per heavy atom. The molecule has 16 heavy (non-hydrogen) atoms. The Kier molecular flexibility index (Phi) is 5.46. The van der Waals surface area contributed by atoms with Crippen LogP contribution in [0.1, 0.15) is 30.1 Å². The molecule has 0 spiro atoms. The number of carbonyl (C=O) groups excluding carboxylic acids is 1. The van der Waals surface area contributed by atoms with Crippen LogP contribution in [0.3, 0.4) is 0 Å². The molecule has 1 atom stereocenters. The maximum absolute atomic E-state index is 12.6. The van der Waals surface area contributed by atoms with Gasteiger partial charge in [0.05, 0.1) is 0 Å². The van der Waals surface area contributed by atoms with E-state index >= 15 is 0 Å². The molecule has 1 aromatic carbocycles. The van der Waals surface area contributed by atoms with Gasteiger partial charge in [0.15, 0.2) is 0 Å². The minimum Gasteiger partial charge on any atom is -0.350 e. The predicted molar refractivity (Wildman–Crippen MR) is 66.4 cm³/mol. The van der Waals surface area contributed by atoms with Crippen LogP contribution in [0.25, 0.3) is 0 Å². The molecule has 0 heterocycles. The number of carbonyl (C=O) groups is 1. The highest BCUT2D eigenvalue weighted by atomic mass is 79.9. The fraction of sp³-hybridized carbons (Fsp3) is 0.417. The van der Waals surface area contributed by atoms with Crippen molar-refractivity contribution in [2.24, 2.45) is 0 Å². The molecule has 0 bridgehead atoms. The molecule has 1 rings (SSSR count). The second-order valence-corrected chi connectivity index (χ2v) is 4.51. The fourth-order valence-electron chi connectivity index (χ4n) is 1.36. The Bertz CT molecular complexity index is 339. The zero-order valence-corrected chi connectivity index (χ0v) is 10.8. The molecule has 0 aliphatic heterocycles. The number of amides is 1. The van der Waals surface area contributed by atoms with Crippen molar-refractivity contribution in [1.29, 1.82) is 0 Å². The number of benzene rings is 1. The first-order valence-corrected chi connectivity index (χ1v) is 6.38. The smallest absolute Gasteiger partial charge is 0.251 e. The predicted octanol–water partition coefficient (Wildman–Crippen LogP) is 3.12. The number of hydrogen-bond donors (Lipinski definition) is 1. The van der Waals surface area contributed by atoms with Gasteiger partial charge in [-0.05, 0) is 44.0 Å². The van der Waals surface area contributed by atoms with E-state index in [9.17, 15) is 9.18 Å². The second kappa shape index (κ2) is 6.63. The molecule has 88 valence electrons. The van der Waals surface area contributed by atoms with E-state index in [0.29, 0.717) is 5.56 Å². The summed E-state index contributed by atoms with van der Waals surface area (Å²) in [7, 11) is 0. The first-order valence-electron chi connectivity index (χ1n) is 5.26. The monoisotopic (exact) mass is 287 g/mol. The van der Waals surface area contributed by atoms with Crippen molar-refractivity contribution in [3.63, 3.8) is 0 Å². The van der Waals surface area contributed by atoms with Crippen LogP contribution >= 0.6 is 15.9 Å². The molecule has 0 saturated carbocycles. The number of halogens is 2. The summed E-state index contributed by atoms with van der Waals surface area (Å²) in [5.74, 6) is -0.481. The van der Waals surface area contributed by atoms with Crippen LogP contribution in [0.2, 0.25) is 0 Å². The van der Waals surface area contributed by atoms with Gasteiger partial charge in [-0.2, -0.15) is 0 Å². The van der Waals surface area contributed by atoms with E-state index in [-0.39, 0.29) is 17.8 Å². The molecule has 1 amide bonds. The number of alkyl halides is 1. The van der Waals surface area contributed by atoms with Crippen LogP contribution in [-0.4, -0.2) is 17.3 Å². The molecule has 1 unspecified atom stereocenters. The molecule has 2 nitrogen and oxygen atoms in total. The lowest BCUT2D eigenvalue weighted by atomic mass is 10.1. The van der Waals surface area contributed by atoms with Gasteiger partial charge in [0, 0.05) is 16.9 Å². The first-order chi connectivity index (χ1) is 7.63. The lowest BCUT2D eigenvalue weighted by Gasteiger charge is -2.12. The van der Waals surface area contributed by atoms with Crippen LogP contribution in [-0.2, 0) is 0 Å². The average Bonchev–Trinajstić information content (AvgIpc) is 2.27. The Labute approximate surface area is 103 Å². The molecule has 1 N–H and O–H groups in total. The molecule has 0 fully saturated rings. The van der Waals surface area contributed by atoms with Crippen LogP contribution in [0.4, 0.5) is 4.39 Å². The van der Waals surface area contributed by atoms with Gasteiger partial charge < -0.3 is 5.32 Å². The maximum atomic E-state index is 12.6. The number of nitrogens with one attached hydrogen (secondary N) is 1. The zero-order chi connectivity index (χ0) is 12.0. The molecule has 0 aliphatic carbocycles. The summed E-state index contributed by atoms with van der Waals surface area (Å²) in [6.45, 7) is 1.96. The summed E-state index contributed by atoms with van der Waals surface area (Å²) in [4.78, 5) is 11.7. The van der Waals surface area contributed by atoms with Gasteiger partial charge in [0.25, 0.3) is 5.91 Å². The highest BCUT2D eigenvalue weighted by molar-refractivity contribution is 9.09. The molecule has 0 radical (unpaired) electrons. The van der Waals surface area contributed by atoms with Crippen molar-refractivity contribution in [2.75, 3.05) is 5.33 Å². The summed E-state index contributed by atoms with van der Waals surface area (Å²) in [5, 5.41) is 3.80. The van der Waals surface area contributed by atoms with E-state index in [1.807, 2.05) is 6.92 Å². The summed E-state index contributed by atoms with van der Waals surface area (Å²) < 4.78 is 12.6. The van der Waals surface area contributed by atoms with Crippen molar-refractivity contribution < 1.29 is 9.18 Å². The Balaban J connectivity index is 2.48. The van der Waals surface area contributed by atoms with Crippen molar-refractivity contribution in [3.8, 4) is 0 Å². The first kappa shape index (κ1) is 13.2. The van der Waals surface area contributed by atoms with Crippen LogP contribution in [0, 0.1) is 5.82 Å². The third-order valence-corrected chi connectivity index (χ3v) is 2.82. The summed E-state index contributed by atoms with van der Waals surface area (Å²) in [6, 6.07) is 5.69. The molecule has 4 heteroatoms. The van der Waals surface area contributed by atoms with Crippen molar-refractivity contribution in [1.82, 2.24) is 5.32 Å². The maximum Gasteiger partial charge on any atom is 0.251 e. The average molecular weight is 288 g/mol. The largest absolute Gasteiger partial charge is 0.350 e. The normalized spacial score (nSPS) is 12.2. The SMILES string of the molecule is CC(CCCBr)NC(=O)c1ccc(F)cc1. The van der Waals surface area contributed by atoms with Crippen LogP contribution in [0.15, 0.2) is 24.3 Å². The van der Waals surface area contributed by atoms with Crippen LogP contribution in [0.5, 0.6) is 0 Å². The minimum absolute atomic E-state index is 0.134. The summed E-state index contributed by atoms with van der Waals surface area (Å²) in [6.07, 6.45) is 1.95. The van der Waals surface area contributed by atoms with Gasteiger partial charge in [-0.1, -0.05) is 15.9 Å². The second-order valence-electron chi connectivity index (χ2n) is 3.71. The lowest BCUT2D eigenvalue weighted by molar-refractivity contribution is 0.0938. The minimum atomic E-state index is -0.330. The lowest BCUT2D eigenvalue weighted by Crippen LogP contribution is -2.32. The van der Waals surface area contributed by atoms with E-state index in [4.69, 9.17) is 0 Å². The quantitative estimate of drug-likeness (QED) is 0.829. The van der Waals surface area contributed by atoms with Gasteiger partial charge >= 0.3 is 0 Å². The topological polar surface area (TPSA) is 29.1 Å². The molecule has 0 saturated heterocycles. The standard InChI is InChI=1S/C12H15BrFNO/c1-9(3-2-8-13)15-12(16)10-4-6-11(14)7-5-10/h4-7,9H,2-3,8H2,1H3,(H,15,16). The number of hydrogen-bond acceptors (Lipinski definition) is 1. The Morgan fingerprint density at radius 2 is 2.06 bits per heavy atom. The van der Waals surface area contributed by atoms with Gasteiger partial charge in [0.1, 0.15) is 5.82 Å². The highest BCUT2D eigenvalue weighted by Crippen LogP contribution is 2.04. The molecular weight excluding hydrogens is 273 g/mol. The van der Waals surface area contributed by atoms with Crippen LogP contribution < -0.4 is 5.32 Å². The Morgan fingerprint density at radius 1 is 1.44 bits per heavy atom. The molecule has 0 aliphatic rings. The van der Waals surface area contributed by atoms with E-state index in [1.54, 1.807) is 0 Å². The molecule has 1 aromatic rings. The highest BCUT2D eigenvalue weighted by Gasteiger charge is 2.09. The van der Waals surface area contributed by atoms with Gasteiger partial charge in [-0.3, -0.25) is 4.79 Å². The molecular formula is C12H15BrFNO. The fourth-order valence-corrected chi connectivity index (χ4v) is 1.69. The van der Waals surface area contributed by atoms with Crippen molar-refractivity contribution in [2.45, 2.75) is 25.8 Å². The zero-order valence-electron chi connectivity index (χ0n) is 9.17. The third kappa shape index (κ3) is 4.31. The number of rotatable bonds is 5. The van der Waals surface area contributed by atoms with Crippen molar-refractivity contribution in [3.05, 3.63) is 35.6 Å². The summed E-state index contributed by atoms with van der Waals surface area (Å²) >= 11 is 3.34. The van der Waals surface area contributed by atoms with E-state index < -0.39 is 0 Å². The van der Waals surface area contributed by atoms with E-state index in [2.05, 4.69) is 21.2 Å². The molecule has 0 aromatic heterocycles. The van der Waals surface area contributed by atoms with Crippen molar-refractivity contribution >= 4 is 21.8 Å². The summed E-state index contributed by atoms with van der Waals surface area (Å²) in [5.41, 5.74) is 0.493. The van der Waals surface area contributed by atoms with Gasteiger partial charge in [0.2, 0.25) is 0 Å².